The Morgan fingerprint density at radius 2 is 0.518 bits per heavy atom. The minimum absolute atomic E-state index is 0. The van der Waals surface area contributed by atoms with Crippen LogP contribution in [0.3, 0.4) is 0 Å². The van der Waals surface area contributed by atoms with E-state index in [1.165, 1.54) is 32.7 Å². The summed E-state index contributed by atoms with van der Waals surface area (Å²) in [5.74, 6) is -5.27. The third kappa shape index (κ3) is 23.7. The molecule has 0 unspecified atom stereocenters. The van der Waals surface area contributed by atoms with Gasteiger partial charge in [0.05, 0.1) is 45.6 Å². The van der Waals surface area contributed by atoms with Crippen LogP contribution in [0.5, 0.6) is 0 Å². The molecule has 0 radical (unpaired) electrons. The Balaban J connectivity index is 0.000000703. The maximum absolute atomic E-state index is 13.6. The number of rotatable bonds is 14. The monoisotopic (exact) mass is 1940 g/mol. The second kappa shape index (κ2) is 45.1. The van der Waals surface area contributed by atoms with E-state index in [9.17, 15) is 70.2 Å². The van der Waals surface area contributed by atoms with Crippen LogP contribution < -0.4 is 62.5 Å². The maximum Gasteiger partial charge on any atom is 1.00 e. The van der Waals surface area contributed by atoms with E-state index in [1.54, 1.807) is 93.2 Å². The number of nitrogens with zero attached hydrogens (tertiary/aromatic N) is 20. The van der Waals surface area contributed by atoms with Crippen LogP contribution >= 0.6 is 85.8 Å². The van der Waals surface area contributed by atoms with E-state index in [1.807, 2.05) is 41.8 Å². The molecule has 0 fully saturated rings. The fourth-order valence-corrected chi connectivity index (χ4v) is 12.6. The van der Waals surface area contributed by atoms with Crippen molar-refractivity contribution in [1.29, 1.82) is 0 Å². The Hall–Kier alpha value is -2.97. The largest absolute Gasteiger partial charge is 1.00 e. The number of hydrogen-bond donors (Lipinski definition) is 0. The predicted molar refractivity (Wildman–Crippen MR) is 357 cm³/mol. The predicted octanol–water partition coefficient (Wildman–Crippen LogP) is 5.23. The molecule has 12 aromatic heterocycles. The van der Waals surface area contributed by atoms with E-state index in [-0.39, 0.29) is 95.9 Å². The molecular weight excluding hydrogens is 1900 g/mol. The summed E-state index contributed by atoms with van der Waals surface area (Å²) >= 11 is 9.50. The molecule has 0 aromatic carbocycles. The van der Waals surface area contributed by atoms with Crippen molar-refractivity contribution in [2.24, 2.45) is 56.4 Å². The number of halogens is 22. The molecule has 0 saturated carbocycles. The Labute approximate surface area is 727 Å². The van der Waals surface area contributed by atoms with Gasteiger partial charge in [0, 0.05) is 78.3 Å². The zero-order valence-electron chi connectivity index (χ0n) is 60.2. The topological polar surface area (TPSA) is 194 Å². The van der Waals surface area contributed by atoms with Crippen molar-refractivity contribution >= 4 is 130 Å². The molecule has 12 heterocycles. The van der Waals surface area contributed by atoms with E-state index in [0.29, 0.717) is 81.9 Å². The number of hydrogen-bond acceptors (Lipinski definition) is 16. The fraction of sp³-hybridized carbons (Fsp3) is 0.379. The molecule has 110 heavy (non-hydrogen) atoms. The molecule has 0 bridgehead atoms. The maximum atomic E-state index is 13.6. The van der Waals surface area contributed by atoms with E-state index in [0.717, 1.165) is 137 Å². The molecule has 0 aliphatic carbocycles. The van der Waals surface area contributed by atoms with Crippen molar-refractivity contribution in [1.82, 2.24) is 96.3 Å². The molecule has 12 aromatic rings. The Morgan fingerprint density at radius 3 is 0.691 bits per heavy atom. The number of alkyl halides is 16. The van der Waals surface area contributed by atoms with E-state index in [2.05, 4.69) is 85.1 Å². The van der Waals surface area contributed by atoms with Gasteiger partial charge in [-0.05, 0) is 98.2 Å². The smallest absolute Gasteiger partial charge is 1.00 e. The van der Waals surface area contributed by atoms with Crippen LogP contribution in [-0.4, -0.2) is 132 Å². The molecule has 0 aliphatic heterocycles. The number of fused-ring (bicyclic) bond motifs is 4. The average molecular weight is 1950 g/mol. The second-order valence-corrected chi connectivity index (χ2v) is 25.8. The number of imidazole rings is 8. The second-order valence-electron chi connectivity index (χ2n) is 20.8. The van der Waals surface area contributed by atoms with Crippen LogP contribution in [-0.2, 0) is 150 Å². The van der Waals surface area contributed by atoms with E-state index in [4.69, 9.17) is 38.8 Å². The molecule has 52 heteroatoms. The number of aromatic nitrogens is 20. The first-order chi connectivity index (χ1) is 49.8. The Bertz CT molecular complexity index is 4620. The minimum Gasteiger partial charge on any atom is 1.00 e. The minimum atomic E-state index is -5.71. The van der Waals surface area contributed by atoms with Gasteiger partial charge in [0.2, 0.25) is 0 Å². The van der Waals surface area contributed by atoms with Crippen LogP contribution in [0.4, 0.5) is 70.2 Å². The van der Waals surface area contributed by atoms with Crippen molar-refractivity contribution in [3.63, 3.8) is 0 Å². The number of aryl methyl sites for hydroxylation is 8. The zero-order valence-corrected chi connectivity index (χ0v) is 79.8. The van der Waals surface area contributed by atoms with E-state index >= 15 is 0 Å². The van der Waals surface area contributed by atoms with Gasteiger partial charge in [-0.1, -0.05) is 47.8 Å². The molecule has 20 nitrogen and oxygen atoms in total. The standard InChI is InChI=1S/2C15H13F5N5S.2C14H13F3N5S.6ClH.2Li.4Zn/c2*1-4-26-13-10(22-7-24(13)2)12-23-9-5-8(6-21-11(9)25(12)3)14(16,17)15(18,19)20;2*1-4-23-13-10(19-7-21(13)2)12-20-9-5-8(14(15,16)17)6-18-11(9)22(12)3;;;;;;;;;;;;/h2*5-6H,4H2,1-3H3;2*5-6H,4H2,1-3H3;6*1H;;;;;;/q4*-1;;;;;;;2*+1;4*+2/p-6. The number of thioether (sulfide) groups is 4. The first-order valence-electron chi connectivity index (χ1n) is 29.5. The van der Waals surface area contributed by atoms with Crippen LogP contribution in [0.1, 0.15) is 49.9 Å². The van der Waals surface area contributed by atoms with Crippen molar-refractivity contribution in [2.75, 3.05) is 23.0 Å². The van der Waals surface area contributed by atoms with Gasteiger partial charge < -0.3 is 81.3 Å². The Morgan fingerprint density at radius 1 is 0.336 bits per heavy atom. The summed E-state index contributed by atoms with van der Waals surface area (Å²) in [6.45, 7) is 7.91. The van der Waals surface area contributed by atoms with Gasteiger partial charge in [0.1, 0.15) is 22.1 Å². The summed E-state index contributed by atoms with van der Waals surface area (Å²) in [7, 11) is 32.8. The van der Waals surface area contributed by atoms with Crippen molar-refractivity contribution in [2.45, 2.75) is 84.3 Å². The molecule has 0 N–H and O–H groups in total. The molecule has 0 spiro atoms. The first-order valence-corrected chi connectivity index (χ1v) is 49.1. The average Bonchev–Trinajstić information content (AvgIpc) is 1.58. The van der Waals surface area contributed by atoms with Gasteiger partial charge in [0.15, 0.2) is 22.6 Å². The fourth-order valence-electron chi connectivity index (χ4n) is 9.43. The molecule has 0 atom stereocenters. The van der Waals surface area contributed by atoms with Gasteiger partial charge in [-0.3, -0.25) is 0 Å². The summed E-state index contributed by atoms with van der Waals surface area (Å²) in [6, 6.07) is 3.42. The quantitative estimate of drug-likeness (QED) is 0.0594. The summed E-state index contributed by atoms with van der Waals surface area (Å²) < 4.78 is 220. The van der Waals surface area contributed by atoms with Crippen molar-refractivity contribution in [3.8, 4) is 46.1 Å². The van der Waals surface area contributed by atoms with Crippen LogP contribution in [0, 0.1) is 25.3 Å². The van der Waals surface area contributed by atoms with E-state index < -0.39 is 58.8 Å². The van der Waals surface area contributed by atoms with Gasteiger partial charge in [-0.25, -0.2) is 39.9 Å². The van der Waals surface area contributed by atoms with Crippen LogP contribution in [0.15, 0.2) is 69.2 Å². The zero-order chi connectivity index (χ0) is 80.1. The molecule has 572 valence electrons. The van der Waals surface area contributed by atoms with Gasteiger partial charge in [-0.2, -0.15) is 117 Å². The SMILES string of the molecule is CCSc1c(-c2nc3cc(C(F)(F)C(F)(F)F)cnc3n2C)n[c-]n1C.CCSc1c(-c2nc3cc(C(F)(F)C(F)(F)F)cnc3n2C)n[c-]n1C.CCSc1c(-c2nc3cc(C(F)(F)F)cnc3n2C)n[c-]n1C.CCSc1c(-c2nc3cc(C(F)(F)F)cnc3n2C)n[c-]n1C.[Cl-].[Cl-].[Cl][Zn+].[Cl][Zn+].[Cl][Zn+].[Cl][Zn+].[Li+].[Li+]. The summed E-state index contributed by atoms with van der Waals surface area (Å²) in [5.41, 5.74) is -0.659. The Kier molecular flexibility index (Phi) is 43.1. The third-order valence-corrected chi connectivity index (χ3v) is 18.3. The normalized spacial score (nSPS) is 11.5. The summed E-state index contributed by atoms with van der Waals surface area (Å²) in [5, 5.41) is 3.24. The number of pyridine rings is 4. The van der Waals surface area contributed by atoms with Gasteiger partial charge >= 0.3 is 182 Å². The van der Waals surface area contributed by atoms with Crippen LogP contribution in [0.25, 0.3) is 90.7 Å². The van der Waals surface area contributed by atoms with Gasteiger partial charge in [-0.15, -0.1) is 0 Å². The summed E-state index contributed by atoms with van der Waals surface area (Å²) in [6.07, 6.45) is -6.48. The third-order valence-electron chi connectivity index (χ3n) is 14.2. The molecule has 0 saturated heterocycles. The summed E-state index contributed by atoms with van der Waals surface area (Å²) in [4.78, 5) is 49.0. The molecule has 12 rings (SSSR count). The molecule has 0 amide bonds. The molecular formula is C58H52Cl6F16Li2N20S4Zn4. The van der Waals surface area contributed by atoms with Crippen molar-refractivity contribution < 1.29 is 202 Å². The molecule has 0 aliphatic rings. The van der Waals surface area contributed by atoms with Gasteiger partial charge in [0.25, 0.3) is 0 Å². The first kappa shape index (κ1) is 105. The van der Waals surface area contributed by atoms with Crippen molar-refractivity contribution in [3.05, 3.63) is 96.6 Å². The van der Waals surface area contributed by atoms with Crippen LogP contribution in [0.2, 0.25) is 0 Å².